The Kier molecular flexibility index (Phi) is 3.43. The Bertz CT molecular complexity index is 533. The Morgan fingerprint density at radius 3 is 2.71 bits per heavy atom. The van der Waals surface area contributed by atoms with Gasteiger partial charge in [0.2, 0.25) is 0 Å². The molecule has 2 aromatic heterocycles. The molecule has 0 aliphatic heterocycles. The van der Waals surface area contributed by atoms with Crippen molar-refractivity contribution in [1.82, 2.24) is 19.5 Å². The number of aromatic nitrogens is 4. The minimum Gasteiger partial charge on any atom is -0.338 e. The molecule has 17 heavy (non-hydrogen) atoms. The summed E-state index contributed by atoms with van der Waals surface area (Å²) in [6.45, 7) is 3.96. The zero-order chi connectivity index (χ0) is 12.4. The van der Waals surface area contributed by atoms with Crippen LogP contribution in [0.4, 0.5) is 0 Å². The molecule has 0 aromatic carbocycles. The molecule has 0 amide bonds. The molecule has 0 bridgehead atoms. The molecule has 0 atom stereocenters. The van der Waals surface area contributed by atoms with E-state index in [1.807, 2.05) is 31.7 Å². The van der Waals surface area contributed by atoms with Crippen LogP contribution in [0, 0.1) is 6.92 Å². The largest absolute Gasteiger partial charge is 0.338 e. The van der Waals surface area contributed by atoms with Gasteiger partial charge in [0.15, 0.2) is 0 Å². The second-order valence-corrected chi connectivity index (χ2v) is 4.35. The monoisotopic (exact) mass is 250 g/mol. The van der Waals surface area contributed by atoms with Crippen molar-refractivity contribution in [3.8, 4) is 0 Å². The number of hydrogen-bond donors (Lipinski definition) is 0. The molecule has 0 unspecified atom stereocenters. The maximum Gasteiger partial charge on any atom is 0.135 e. The number of hydrogen-bond acceptors (Lipinski definition) is 3. The van der Waals surface area contributed by atoms with E-state index in [-0.39, 0.29) is 0 Å². The zero-order valence-electron chi connectivity index (χ0n) is 10.2. The number of imidazole rings is 1. The van der Waals surface area contributed by atoms with E-state index < -0.39 is 0 Å². The predicted molar refractivity (Wildman–Crippen MR) is 67.2 cm³/mol. The number of aryl methyl sites for hydroxylation is 2. The highest BCUT2D eigenvalue weighted by atomic mass is 35.5. The molecule has 2 rings (SSSR count). The highest BCUT2D eigenvalue weighted by Gasteiger charge is 2.11. The van der Waals surface area contributed by atoms with Crippen molar-refractivity contribution < 1.29 is 0 Å². The molecular weight excluding hydrogens is 236 g/mol. The van der Waals surface area contributed by atoms with E-state index in [4.69, 9.17) is 11.6 Å². The van der Waals surface area contributed by atoms with Crippen molar-refractivity contribution in [2.75, 3.05) is 0 Å². The van der Waals surface area contributed by atoms with Crippen LogP contribution in [-0.2, 0) is 19.9 Å². The van der Waals surface area contributed by atoms with Gasteiger partial charge in [0, 0.05) is 37.8 Å². The first-order valence-corrected chi connectivity index (χ1v) is 5.97. The van der Waals surface area contributed by atoms with Crippen molar-refractivity contribution >= 4 is 11.6 Å². The van der Waals surface area contributed by atoms with Crippen molar-refractivity contribution in [3.05, 3.63) is 40.5 Å². The lowest BCUT2D eigenvalue weighted by atomic mass is 10.2. The first kappa shape index (κ1) is 12.0. The highest BCUT2D eigenvalue weighted by molar-refractivity contribution is 6.30. The zero-order valence-corrected chi connectivity index (χ0v) is 11.0. The molecule has 0 saturated carbocycles. The van der Waals surface area contributed by atoms with Gasteiger partial charge in [0.05, 0.1) is 5.69 Å². The molecule has 0 saturated heterocycles. The Morgan fingerprint density at radius 2 is 2.12 bits per heavy atom. The molecule has 0 N–H and O–H groups in total. The molecule has 0 fully saturated rings. The van der Waals surface area contributed by atoms with Crippen LogP contribution in [0.1, 0.15) is 29.8 Å². The molecule has 2 heterocycles. The number of rotatable bonds is 3. The van der Waals surface area contributed by atoms with E-state index in [2.05, 4.69) is 15.0 Å². The van der Waals surface area contributed by atoms with Crippen LogP contribution < -0.4 is 0 Å². The average Bonchev–Trinajstić information content (AvgIpc) is 2.70. The van der Waals surface area contributed by atoms with E-state index in [0.29, 0.717) is 11.6 Å². The quantitative estimate of drug-likeness (QED) is 0.786. The van der Waals surface area contributed by atoms with Gasteiger partial charge in [-0.25, -0.2) is 15.0 Å². The first-order valence-electron chi connectivity index (χ1n) is 5.60. The smallest absolute Gasteiger partial charge is 0.135 e. The van der Waals surface area contributed by atoms with E-state index in [1.54, 1.807) is 6.20 Å². The average molecular weight is 251 g/mol. The van der Waals surface area contributed by atoms with Gasteiger partial charge in [-0.3, -0.25) is 0 Å². The van der Waals surface area contributed by atoms with E-state index in [0.717, 1.165) is 29.3 Å². The van der Waals surface area contributed by atoms with Gasteiger partial charge in [-0.15, -0.1) is 0 Å². The molecule has 90 valence electrons. The highest BCUT2D eigenvalue weighted by Crippen LogP contribution is 2.18. The van der Waals surface area contributed by atoms with Gasteiger partial charge < -0.3 is 4.57 Å². The van der Waals surface area contributed by atoms with Gasteiger partial charge >= 0.3 is 0 Å². The lowest BCUT2D eigenvalue weighted by Gasteiger charge is -2.08. The third-order valence-electron chi connectivity index (χ3n) is 2.80. The molecule has 0 spiro atoms. The van der Waals surface area contributed by atoms with E-state index >= 15 is 0 Å². The van der Waals surface area contributed by atoms with Crippen LogP contribution in [0.2, 0.25) is 5.15 Å². The number of halogens is 1. The van der Waals surface area contributed by atoms with Gasteiger partial charge in [-0.1, -0.05) is 18.5 Å². The summed E-state index contributed by atoms with van der Waals surface area (Å²) in [5.41, 5.74) is 1.89. The Hall–Kier alpha value is -1.42. The van der Waals surface area contributed by atoms with Crippen molar-refractivity contribution in [2.24, 2.45) is 7.05 Å². The van der Waals surface area contributed by atoms with Crippen molar-refractivity contribution in [3.63, 3.8) is 0 Å². The van der Waals surface area contributed by atoms with Gasteiger partial charge in [0.1, 0.15) is 16.8 Å². The molecule has 5 heteroatoms. The standard InChI is InChI=1S/C12H15ClN4/c1-4-10-15-9(8(2)12(13)16-10)7-11-14-5-6-17(11)3/h5-6H,4,7H2,1-3H3. The molecule has 0 radical (unpaired) electrons. The molecule has 0 aliphatic carbocycles. The molecular formula is C12H15ClN4. The van der Waals surface area contributed by atoms with Gasteiger partial charge in [0.25, 0.3) is 0 Å². The topological polar surface area (TPSA) is 43.6 Å². The fourth-order valence-corrected chi connectivity index (χ4v) is 1.83. The second kappa shape index (κ2) is 4.84. The van der Waals surface area contributed by atoms with Crippen LogP contribution in [0.3, 0.4) is 0 Å². The summed E-state index contributed by atoms with van der Waals surface area (Å²) in [6, 6.07) is 0. The minimum atomic E-state index is 0.543. The third kappa shape index (κ3) is 2.47. The second-order valence-electron chi connectivity index (χ2n) is 3.99. The summed E-state index contributed by atoms with van der Waals surface area (Å²) in [5.74, 6) is 1.76. The summed E-state index contributed by atoms with van der Waals surface area (Å²) < 4.78 is 1.99. The van der Waals surface area contributed by atoms with Crippen LogP contribution in [0.15, 0.2) is 12.4 Å². The summed E-state index contributed by atoms with van der Waals surface area (Å²) in [4.78, 5) is 13.0. The Morgan fingerprint density at radius 1 is 1.35 bits per heavy atom. The van der Waals surface area contributed by atoms with Crippen LogP contribution in [0.25, 0.3) is 0 Å². The summed E-state index contributed by atoms with van der Waals surface area (Å²) in [7, 11) is 1.97. The third-order valence-corrected chi connectivity index (χ3v) is 3.16. The predicted octanol–water partition coefficient (Wildman–Crippen LogP) is 2.33. The Balaban J connectivity index is 2.38. The van der Waals surface area contributed by atoms with Crippen LogP contribution in [-0.4, -0.2) is 19.5 Å². The molecule has 0 aliphatic rings. The lowest BCUT2D eigenvalue weighted by Crippen LogP contribution is -2.06. The maximum absolute atomic E-state index is 6.10. The fourth-order valence-electron chi connectivity index (χ4n) is 1.63. The minimum absolute atomic E-state index is 0.543. The SMILES string of the molecule is CCc1nc(Cl)c(C)c(Cc2nccn2C)n1. The van der Waals surface area contributed by atoms with Crippen LogP contribution in [0.5, 0.6) is 0 Å². The van der Waals surface area contributed by atoms with E-state index in [9.17, 15) is 0 Å². The number of nitrogens with zero attached hydrogens (tertiary/aromatic N) is 4. The van der Waals surface area contributed by atoms with Gasteiger partial charge in [-0.2, -0.15) is 0 Å². The fraction of sp³-hybridized carbons (Fsp3) is 0.417. The molecule has 2 aromatic rings. The molecule has 4 nitrogen and oxygen atoms in total. The van der Waals surface area contributed by atoms with Crippen LogP contribution >= 0.6 is 11.6 Å². The maximum atomic E-state index is 6.10. The van der Waals surface area contributed by atoms with E-state index in [1.165, 1.54) is 0 Å². The summed E-state index contributed by atoms with van der Waals surface area (Å²) in [6.07, 6.45) is 5.18. The summed E-state index contributed by atoms with van der Waals surface area (Å²) >= 11 is 6.10. The Labute approximate surface area is 106 Å². The van der Waals surface area contributed by atoms with Crippen molar-refractivity contribution in [1.29, 1.82) is 0 Å². The summed E-state index contributed by atoms with van der Waals surface area (Å²) in [5, 5.41) is 0.543. The van der Waals surface area contributed by atoms with Crippen molar-refractivity contribution in [2.45, 2.75) is 26.7 Å². The van der Waals surface area contributed by atoms with Gasteiger partial charge in [-0.05, 0) is 6.92 Å². The lowest BCUT2D eigenvalue weighted by molar-refractivity contribution is 0.793. The normalized spacial score (nSPS) is 10.8. The first-order chi connectivity index (χ1) is 8.11.